The Balaban J connectivity index is 1.79. The topological polar surface area (TPSA) is 53.1 Å². The van der Waals surface area contributed by atoms with Gasteiger partial charge in [0, 0.05) is 12.1 Å². The standard InChI is InChI=1S/C22H23N3/c1-25(2)15-18-7-4-16(5-8-18)3-6-17-9-10-20-14-21(22(23)24)12-11-19(20)13-17/h3-14H,15H2,1-2H3,(H3,23,24). The van der Waals surface area contributed by atoms with Crippen molar-refractivity contribution >= 4 is 28.8 Å². The van der Waals surface area contributed by atoms with Crippen LogP contribution in [-0.2, 0) is 6.54 Å². The average molecular weight is 329 g/mol. The van der Waals surface area contributed by atoms with Crippen LogP contribution in [0.4, 0.5) is 0 Å². The zero-order valence-corrected chi connectivity index (χ0v) is 14.7. The second kappa shape index (κ2) is 7.32. The van der Waals surface area contributed by atoms with Crippen molar-refractivity contribution < 1.29 is 0 Å². The Hall–Kier alpha value is -2.91. The lowest BCUT2D eigenvalue weighted by molar-refractivity contribution is 0.402. The van der Waals surface area contributed by atoms with Crippen molar-refractivity contribution in [1.29, 1.82) is 5.41 Å². The van der Waals surface area contributed by atoms with Crippen LogP contribution in [-0.4, -0.2) is 24.8 Å². The van der Waals surface area contributed by atoms with Gasteiger partial charge in [0.2, 0.25) is 0 Å². The third-order valence-corrected chi connectivity index (χ3v) is 4.12. The first kappa shape index (κ1) is 16.9. The van der Waals surface area contributed by atoms with E-state index in [1.165, 1.54) is 11.1 Å². The van der Waals surface area contributed by atoms with Crippen molar-refractivity contribution in [1.82, 2.24) is 4.90 Å². The van der Waals surface area contributed by atoms with Gasteiger partial charge in [-0.15, -0.1) is 0 Å². The van der Waals surface area contributed by atoms with Gasteiger partial charge in [0.1, 0.15) is 5.84 Å². The molecule has 0 spiro atoms. The van der Waals surface area contributed by atoms with Gasteiger partial charge in [0.05, 0.1) is 0 Å². The van der Waals surface area contributed by atoms with Crippen LogP contribution in [0.1, 0.15) is 22.3 Å². The second-order valence-corrected chi connectivity index (χ2v) is 6.55. The molecule has 0 unspecified atom stereocenters. The molecule has 25 heavy (non-hydrogen) atoms. The molecule has 0 amide bonds. The predicted octanol–water partition coefficient (Wildman–Crippen LogP) is 4.36. The van der Waals surface area contributed by atoms with Gasteiger partial charge >= 0.3 is 0 Å². The van der Waals surface area contributed by atoms with Crippen LogP contribution in [0.15, 0.2) is 60.7 Å². The Bertz CT molecular complexity index is 922. The van der Waals surface area contributed by atoms with E-state index in [0.717, 1.165) is 28.4 Å². The number of amidine groups is 1. The molecule has 0 bridgehead atoms. The van der Waals surface area contributed by atoms with Gasteiger partial charge in [0.15, 0.2) is 0 Å². The zero-order valence-electron chi connectivity index (χ0n) is 14.7. The molecule has 0 radical (unpaired) electrons. The number of nitrogens with two attached hydrogens (primary N) is 1. The lowest BCUT2D eigenvalue weighted by Crippen LogP contribution is -2.10. The first-order valence-electron chi connectivity index (χ1n) is 8.31. The highest BCUT2D eigenvalue weighted by Gasteiger charge is 2.00. The quantitative estimate of drug-likeness (QED) is 0.415. The third-order valence-electron chi connectivity index (χ3n) is 4.12. The van der Waals surface area contributed by atoms with E-state index in [0.29, 0.717) is 0 Å². The van der Waals surface area contributed by atoms with Gasteiger partial charge in [-0.25, -0.2) is 0 Å². The predicted molar refractivity (Wildman–Crippen MR) is 108 cm³/mol. The molecule has 0 saturated heterocycles. The number of nitrogens with zero attached hydrogens (tertiary/aromatic N) is 1. The number of nitrogen functional groups attached to an aromatic ring is 1. The van der Waals surface area contributed by atoms with Crippen molar-refractivity contribution in [3.8, 4) is 0 Å². The Labute approximate surface area is 148 Å². The van der Waals surface area contributed by atoms with Gasteiger partial charge in [-0.05, 0) is 53.7 Å². The number of nitrogens with one attached hydrogen (secondary N) is 1. The van der Waals surface area contributed by atoms with Crippen LogP contribution in [0.2, 0.25) is 0 Å². The highest BCUT2D eigenvalue weighted by atomic mass is 15.0. The molecule has 126 valence electrons. The number of benzene rings is 3. The Morgan fingerprint density at radius 3 is 2.16 bits per heavy atom. The lowest BCUT2D eigenvalue weighted by atomic mass is 10.0. The Kier molecular flexibility index (Phi) is 4.96. The molecule has 0 aliphatic rings. The van der Waals surface area contributed by atoms with Crippen LogP contribution in [0.5, 0.6) is 0 Å². The fourth-order valence-electron chi connectivity index (χ4n) is 2.83. The summed E-state index contributed by atoms with van der Waals surface area (Å²) in [7, 11) is 4.15. The zero-order chi connectivity index (χ0) is 17.8. The molecule has 3 N–H and O–H groups in total. The summed E-state index contributed by atoms with van der Waals surface area (Å²) in [4.78, 5) is 2.16. The fraction of sp³-hybridized carbons (Fsp3) is 0.136. The SMILES string of the molecule is CN(C)Cc1ccc(C=Cc2ccc3cc(C(=N)N)ccc3c2)cc1. The van der Waals surface area contributed by atoms with Crippen molar-refractivity contribution in [2.45, 2.75) is 6.54 Å². The number of hydrogen-bond acceptors (Lipinski definition) is 2. The molecule has 0 heterocycles. The summed E-state index contributed by atoms with van der Waals surface area (Å²) in [6.45, 7) is 0.955. The minimum absolute atomic E-state index is 0.101. The minimum Gasteiger partial charge on any atom is -0.384 e. The van der Waals surface area contributed by atoms with E-state index in [2.05, 4.69) is 73.6 Å². The normalized spacial score (nSPS) is 11.5. The summed E-state index contributed by atoms with van der Waals surface area (Å²) in [6.07, 6.45) is 4.25. The molecular weight excluding hydrogens is 306 g/mol. The van der Waals surface area contributed by atoms with Crippen LogP contribution >= 0.6 is 0 Å². The van der Waals surface area contributed by atoms with E-state index in [-0.39, 0.29) is 5.84 Å². The maximum atomic E-state index is 7.53. The van der Waals surface area contributed by atoms with Crippen LogP contribution in [0.25, 0.3) is 22.9 Å². The highest BCUT2D eigenvalue weighted by Crippen LogP contribution is 2.19. The molecule has 0 aliphatic heterocycles. The van der Waals surface area contributed by atoms with Crippen molar-refractivity contribution in [3.05, 3.63) is 82.9 Å². The van der Waals surface area contributed by atoms with Crippen molar-refractivity contribution in [2.75, 3.05) is 14.1 Å². The van der Waals surface area contributed by atoms with Crippen LogP contribution in [0.3, 0.4) is 0 Å². The van der Waals surface area contributed by atoms with E-state index in [1.807, 2.05) is 18.2 Å². The van der Waals surface area contributed by atoms with Crippen LogP contribution in [0, 0.1) is 5.41 Å². The first-order chi connectivity index (χ1) is 12.0. The van der Waals surface area contributed by atoms with Gasteiger partial charge in [-0.3, -0.25) is 5.41 Å². The van der Waals surface area contributed by atoms with E-state index >= 15 is 0 Å². The summed E-state index contributed by atoms with van der Waals surface area (Å²) in [5.41, 5.74) is 9.97. The number of rotatable bonds is 5. The second-order valence-electron chi connectivity index (χ2n) is 6.55. The number of hydrogen-bond donors (Lipinski definition) is 2. The van der Waals surface area contributed by atoms with Gasteiger partial charge in [0.25, 0.3) is 0 Å². The van der Waals surface area contributed by atoms with Crippen molar-refractivity contribution in [2.24, 2.45) is 5.73 Å². The fourth-order valence-corrected chi connectivity index (χ4v) is 2.83. The smallest absolute Gasteiger partial charge is 0.122 e. The number of fused-ring (bicyclic) bond motifs is 1. The largest absolute Gasteiger partial charge is 0.384 e. The first-order valence-corrected chi connectivity index (χ1v) is 8.31. The molecule has 3 aromatic carbocycles. The van der Waals surface area contributed by atoms with Gasteiger partial charge < -0.3 is 10.6 Å². The molecular formula is C22H23N3. The molecule has 3 aromatic rings. The molecule has 0 fully saturated rings. The molecule has 3 rings (SSSR count). The lowest BCUT2D eigenvalue weighted by Gasteiger charge is -2.09. The van der Waals surface area contributed by atoms with Gasteiger partial charge in [-0.1, -0.05) is 60.7 Å². The summed E-state index contributed by atoms with van der Waals surface area (Å²) in [6, 6.07) is 20.8. The minimum atomic E-state index is 0.101. The molecule has 3 nitrogen and oxygen atoms in total. The van der Waals surface area contributed by atoms with Crippen molar-refractivity contribution in [3.63, 3.8) is 0 Å². The average Bonchev–Trinajstić information content (AvgIpc) is 2.60. The maximum absolute atomic E-state index is 7.53. The maximum Gasteiger partial charge on any atom is 0.122 e. The molecule has 0 aliphatic carbocycles. The van der Waals surface area contributed by atoms with Crippen LogP contribution < -0.4 is 5.73 Å². The third kappa shape index (κ3) is 4.34. The molecule has 3 heteroatoms. The summed E-state index contributed by atoms with van der Waals surface area (Å²) >= 11 is 0. The summed E-state index contributed by atoms with van der Waals surface area (Å²) in [5, 5.41) is 9.77. The Morgan fingerprint density at radius 1 is 0.880 bits per heavy atom. The summed E-state index contributed by atoms with van der Waals surface area (Å²) < 4.78 is 0. The highest BCUT2D eigenvalue weighted by molar-refractivity contribution is 5.99. The van der Waals surface area contributed by atoms with E-state index in [1.54, 1.807) is 0 Å². The molecule has 0 aromatic heterocycles. The molecule has 0 saturated carbocycles. The van der Waals surface area contributed by atoms with E-state index in [9.17, 15) is 0 Å². The Morgan fingerprint density at radius 2 is 1.48 bits per heavy atom. The van der Waals surface area contributed by atoms with E-state index in [4.69, 9.17) is 11.1 Å². The summed E-state index contributed by atoms with van der Waals surface area (Å²) in [5.74, 6) is 0.101. The monoisotopic (exact) mass is 329 g/mol. The van der Waals surface area contributed by atoms with E-state index < -0.39 is 0 Å². The van der Waals surface area contributed by atoms with Gasteiger partial charge in [-0.2, -0.15) is 0 Å². The molecule has 0 atom stereocenters.